The van der Waals surface area contributed by atoms with Crippen LogP contribution < -0.4 is 10.6 Å². The molecule has 46 heavy (non-hydrogen) atoms. The van der Waals surface area contributed by atoms with Crippen molar-refractivity contribution in [3.8, 4) is 0 Å². The molecule has 1 rings (SSSR count). The average molecular weight is 652 g/mol. The van der Waals surface area contributed by atoms with E-state index in [1.807, 2.05) is 38.6 Å². The molecule has 0 aliphatic heterocycles. The Morgan fingerprint density at radius 3 is 2.09 bits per heavy atom. The summed E-state index contributed by atoms with van der Waals surface area (Å²) in [6.45, 7) is 20.3. The first kappa shape index (κ1) is 41.7. The monoisotopic (exact) mass is 651 g/mol. The molecule has 2 unspecified atom stereocenters. The average Bonchev–Trinajstić information content (AvgIpc) is 3.43. The van der Waals surface area contributed by atoms with Crippen LogP contribution >= 0.6 is 0 Å². The fraction of sp³-hybridized carbons (Fsp3) is 0.857. The van der Waals surface area contributed by atoms with E-state index in [9.17, 15) is 14.4 Å². The Bertz CT molecular complexity index is 953. The molecule has 11 nitrogen and oxygen atoms in total. The molecule has 2 atom stereocenters. The summed E-state index contributed by atoms with van der Waals surface area (Å²) in [5.74, 6) is 1.29. The summed E-state index contributed by atoms with van der Waals surface area (Å²) in [5, 5.41) is 14.5. The van der Waals surface area contributed by atoms with Gasteiger partial charge in [-0.05, 0) is 57.3 Å². The normalized spacial score (nSPS) is 13.1. The molecule has 0 radical (unpaired) electrons. The molecule has 0 aliphatic carbocycles. The number of nitrogens with zero attached hydrogens (tertiary/aromatic N) is 3. The van der Waals surface area contributed by atoms with E-state index in [1.54, 1.807) is 0 Å². The maximum absolute atomic E-state index is 12.5. The van der Waals surface area contributed by atoms with E-state index < -0.39 is 0 Å². The molecule has 266 valence electrons. The van der Waals surface area contributed by atoms with E-state index in [-0.39, 0.29) is 41.6 Å². The first-order valence-corrected chi connectivity index (χ1v) is 17.6. The molecule has 11 heteroatoms. The first-order valence-electron chi connectivity index (χ1n) is 17.6. The molecule has 0 bridgehead atoms. The fourth-order valence-electron chi connectivity index (χ4n) is 4.80. The molecule has 0 aromatic carbocycles. The van der Waals surface area contributed by atoms with Crippen molar-refractivity contribution in [1.29, 1.82) is 0 Å². The number of ketones is 1. The zero-order chi connectivity index (χ0) is 34.3. The van der Waals surface area contributed by atoms with E-state index in [1.165, 1.54) is 0 Å². The molecule has 0 spiro atoms. The summed E-state index contributed by atoms with van der Waals surface area (Å²) in [6.07, 6.45) is 8.38. The third-order valence-corrected chi connectivity index (χ3v) is 7.50. The van der Waals surface area contributed by atoms with Crippen LogP contribution in [0, 0.1) is 23.7 Å². The summed E-state index contributed by atoms with van der Waals surface area (Å²) in [7, 11) is 0. The van der Waals surface area contributed by atoms with Crippen LogP contribution in [0.25, 0.3) is 0 Å². The molecule has 0 fully saturated rings. The van der Waals surface area contributed by atoms with Crippen molar-refractivity contribution < 1.29 is 28.6 Å². The molecule has 1 aromatic rings. The summed E-state index contributed by atoms with van der Waals surface area (Å²) in [5.41, 5.74) is 0.879. The Kier molecular flexibility index (Phi) is 22.4. The quantitative estimate of drug-likeness (QED) is 0.119. The van der Waals surface area contributed by atoms with Crippen LogP contribution in [0.15, 0.2) is 6.20 Å². The van der Waals surface area contributed by atoms with Crippen molar-refractivity contribution in [1.82, 2.24) is 25.6 Å². The van der Waals surface area contributed by atoms with Crippen molar-refractivity contribution in [2.75, 3.05) is 39.6 Å². The number of aromatic nitrogens is 3. The molecular weight excluding hydrogens is 586 g/mol. The molecule has 2 N–H and O–H groups in total. The van der Waals surface area contributed by atoms with Crippen LogP contribution in [0.3, 0.4) is 0 Å². The minimum atomic E-state index is -0.138. The third kappa shape index (κ3) is 21.4. The Morgan fingerprint density at radius 1 is 0.804 bits per heavy atom. The molecule has 0 saturated carbocycles. The van der Waals surface area contributed by atoms with E-state index >= 15 is 0 Å². The number of amides is 2. The first-order chi connectivity index (χ1) is 21.9. The smallest absolute Gasteiger partial charge is 0.220 e. The Hall–Kier alpha value is -2.37. The number of aryl methyl sites for hydroxylation is 2. The minimum absolute atomic E-state index is 0.0119. The van der Waals surface area contributed by atoms with Crippen molar-refractivity contribution in [2.24, 2.45) is 23.7 Å². The molecular formula is C35H65N5O6. The van der Waals surface area contributed by atoms with Crippen LogP contribution in [-0.4, -0.2) is 84.3 Å². The van der Waals surface area contributed by atoms with E-state index in [0.717, 1.165) is 44.3 Å². The van der Waals surface area contributed by atoms with Gasteiger partial charge < -0.3 is 24.8 Å². The van der Waals surface area contributed by atoms with Crippen LogP contribution in [-0.2, 0) is 41.6 Å². The molecule has 1 aromatic heterocycles. The number of hydrogen-bond acceptors (Lipinski definition) is 8. The minimum Gasteiger partial charge on any atom is -0.379 e. The van der Waals surface area contributed by atoms with Gasteiger partial charge in [0.2, 0.25) is 11.8 Å². The van der Waals surface area contributed by atoms with Gasteiger partial charge in [0, 0.05) is 63.8 Å². The third-order valence-electron chi connectivity index (χ3n) is 7.50. The summed E-state index contributed by atoms with van der Waals surface area (Å²) in [6, 6.07) is -0.138. The topological polar surface area (TPSA) is 134 Å². The number of carbonyl (C=O) groups is 3. The lowest BCUT2D eigenvalue weighted by atomic mass is 9.95. The van der Waals surface area contributed by atoms with Crippen molar-refractivity contribution in [3.05, 3.63) is 11.9 Å². The van der Waals surface area contributed by atoms with Gasteiger partial charge in [-0.1, -0.05) is 60.1 Å². The SMILES string of the molecule is CC(C)COCC(COCC(C)C)NC(=O)CCCCCn1cc(CCCC(=O)NCCC(C)OCCC(C)C(=O)C(C)C)nn1. The lowest BCUT2D eigenvalue weighted by Crippen LogP contribution is -2.42. The van der Waals surface area contributed by atoms with E-state index in [4.69, 9.17) is 14.2 Å². The number of Topliss-reactive ketones (excluding diaryl/α,β-unsaturated/α-hetero) is 1. The Labute approximate surface area is 278 Å². The van der Waals surface area contributed by atoms with E-state index in [2.05, 4.69) is 48.6 Å². The van der Waals surface area contributed by atoms with Crippen LogP contribution in [0.1, 0.15) is 112 Å². The van der Waals surface area contributed by atoms with Crippen molar-refractivity contribution >= 4 is 17.6 Å². The number of hydrogen-bond donors (Lipinski definition) is 2. The highest BCUT2D eigenvalue weighted by atomic mass is 16.5. The van der Waals surface area contributed by atoms with Gasteiger partial charge in [-0.3, -0.25) is 19.1 Å². The predicted octanol–water partition coefficient (Wildman–Crippen LogP) is 5.15. The van der Waals surface area contributed by atoms with Crippen LogP contribution in [0.4, 0.5) is 0 Å². The zero-order valence-electron chi connectivity index (χ0n) is 30.1. The highest BCUT2D eigenvalue weighted by Gasteiger charge is 2.17. The van der Waals surface area contributed by atoms with Crippen molar-refractivity contribution in [3.63, 3.8) is 0 Å². The second-order valence-corrected chi connectivity index (χ2v) is 13.8. The molecule has 2 amide bonds. The van der Waals surface area contributed by atoms with Gasteiger partial charge in [0.25, 0.3) is 0 Å². The standard InChI is InChI=1S/C35H65N5O6/c1-26(2)22-44-24-32(25-45-23-27(3)4)37-34(42)14-10-9-11-19-40-21-31(38-39-40)13-12-15-33(41)36-18-16-30(8)46-20-17-29(7)35(43)28(5)6/h21,26-30,32H,9-20,22-25H2,1-8H3,(H,36,41)(H,37,42). The van der Waals surface area contributed by atoms with Crippen LogP contribution in [0.2, 0.25) is 0 Å². The van der Waals surface area contributed by atoms with Crippen LogP contribution in [0.5, 0.6) is 0 Å². The summed E-state index contributed by atoms with van der Waals surface area (Å²) in [4.78, 5) is 36.8. The number of carbonyl (C=O) groups excluding carboxylic acids is 3. The molecule has 0 aliphatic rings. The Morgan fingerprint density at radius 2 is 1.46 bits per heavy atom. The maximum atomic E-state index is 12.5. The predicted molar refractivity (Wildman–Crippen MR) is 181 cm³/mol. The summed E-state index contributed by atoms with van der Waals surface area (Å²) < 4.78 is 19.2. The molecule has 0 saturated heterocycles. The van der Waals surface area contributed by atoms with Gasteiger partial charge in [0.1, 0.15) is 5.78 Å². The lowest BCUT2D eigenvalue weighted by molar-refractivity contribution is -0.126. The van der Waals surface area contributed by atoms with Gasteiger partial charge in [-0.15, -0.1) is 5.10 Å². The van der Waals surface area contributed by atoms with Gasteiger partial charge in [-0.2, -0.15) is 0 Å². The lowest BCUT2D eigenvalue weighted by Gasteiger charge is -2.20. The molecule has 1 heterocycles. The summed E-state index contributed by atoms with van der Waals surface area (Å²) >= 11 is 0. The van der Waals surface area contributed by atoms with E-state index in [0.29, 0.717) is 77.1 Å². The second-order valence-electron chi connectivity index (χ2n) is 13.8. The number of nitrogens with one attached hydrogen (secondary N) is 2. The van der Waals surface area contributed by atoms with Gasteiger partial charge in [0.05, 0.1) is 31.1 Å². The zero-order valence-corrected chi connectivity index (χ0v) is 30.1. The number of ether oxygens (including phenoxy) is 3. The number of rotatable bonds is 28. The second kappa shape index (κ2) is 24.8. The highest BCUT2D eigenvalue weighted by molar-refractivity contribution is 5.82. The van der Waals surface area contributed by atoms with Crippen molar-refractivity contribution in [2.45, 2.75) is 132 Å². The largest absolute Gasteiger partial charge is 0.379 e. The van der Waals surface area contributed by atoms with Gasteiger partial charge in [0.15, 0.2) is 0 Å². The highest BCUT2D eigenvalue weighted by Crippen LogP contribution is 2.12. The Balaban J connectivity index is 2.17. The van der Waals surface area contributed by atoms with Gasteiger partial charge in [-0.25, -0.2) is 0 Å². The fourth-order valence-corrected chi connectivity index (χ4v) is 4.80. The van der Waals surface area contributed by atoms with Gasteiger partial charge >= 0.3 is 0 Å². The number of unbranched alkanes of at least 4 members (excludes halogenated alkanes) is 2. The maximum Gasteiger partial charge on any atom is 0.220 e.